The van der Waals surface area contributed by atoms with E-state index in [2.05, 4.69) is 38.1 Å². The molecule has 1 heterocycles. The summed E-state index contributed by atoms with van der Waals surface area (Å²) in [5.41, 5.74) is 3.93. The molecule has 0 aliphatic carbocycles. The van der Waals surface area contributed by atoms with Gasteiger partial charge in [-0.05, 0) is 30.5 Å². The highest BCUT2D eigenvalue weighted by Crippen LogP contribution is 2.36. The van der Waals surface area contributed by atoms with Crippen LogP contribution in [0.5, 0.6) is 0 Å². The summed E-state index contributed by atoms with van der Waals surface area (Å²) in [6.45, 7) is 0. The molecule has 2 N–H and O–H groups in total. The SMILES string of the molecule is CS(=O)(=O)Nc1cc(Br)cc2c1CC(Cc1ccccc1)N2. The molecule has 1 atom stereocenters. The van der Waals surface area contributed by atoms with E-state index in [-0.39, 0.29) is 6.04 Å². The number of sulfonamides is 1. The number of hydrogen-bond acceptors (Lipinski definition) is 3. The summed E-state index contributed by atoms with van der Waals surface area (Å²) in [4.78, 5) is 0. The monoisotopic (exact) mass is 380 g/mol. The van der Waals surface area contributed by atoms with Gasteiger partial charge in [0.2, 0.25) is 10.0 Å². The lowest BCUT2D eigenvalue weighted by Gasteiger charge is -2.10. The van der Waals surface area contributed by atoms with E-state index in [0.717, 1.165) is 28.6 Å². The first-order valence-corrected chi connectivity index (χ1v) is 9.70. The van der Waals surface area contributed by atoms with Gasteiger partial charge < -0.3 is 5.32 Å². The van der Waals surface area contributed by atoms with Crippen molar-refractivity contribution in [2.24, 2.45) is 0 Å². The zero-order valence-corrected chi connectivity index (χ0v) is 14.5. The van der Waals surface area contributed by atoms with Gasteiger partial charge in [-0.25, -0.2) is 8.42 Å². The zero-order valence-electron chi connectivity index (χ0n) is 12.1. The third-order valence-electron chi connectivity index (χ3n) is 3.65. The maximum atomic E-state index is 11.5. The molecule has 6 heteroatoms. The van der Waals surface area contributed by atoms with Gasteiger partial charge in [0.1, 0.15) is 0 Å². The Morgan fingerprint density at radius 2 is 2.00 bits per heavy atom. The molecule has 0 saturated heterocycles. The number of nitrogens with one attached hydrogen (secondary N) is 2. The molecule has 4 nitrogen and oxygen atoms in total. The quantitative estimate of drug-likeness (QED) is 0.854. The Morgan fingerprint density at radius 1 is 1.27 bits per heavy atom. The van der Waals surface area contributed by atoms with Crippen molar-refractivity contribution < 1.29 is 8.42 Å². The van der Waals surface area contributed by atoms with E-state index in [9.17, 15) is 8.42 Å². The predicted octanol–water partition coefficient (Wildman–Crippen LogP) is 3.40. The van der Waals surface area contributed by atoms with Gasteiger partial charge in [0.05, 0.1) is 11.9 Å². The zero-order chi connectivity index (χ0) is 15.7. The molecule has 0 spiro atoms. The van der Waals surface area contributed by atoms with Gasteiger partial charge in [-0.2, -0.15) is 0 Å². The van der Waals surface area contributed by atoms with Crippen molar-refractivity contribution in [3.8, 4) is 0 Å². The van der Waals surface area contributed by atoms with Crippen molar-refractivity contribution in [3.63, 3.8) is 0 Å². The lowest BCUT2D eigenvalue weighted by molar-refractivity contribution is 0.606. The minimum absolute atomic E-state index is 0.270. The molecule has 22 heavy (non-hydrogen) atoms. The molecule has 1 aliphatic rings. The molecule has 0 aromatic heterocycles. The molecular formula is C16H17BrN2O2S. The van der Waals surface area contributed by atoms with Crippen LogP contribution < -0.4 is 10.0 Å². The average Bonchev–Trinajstić information content (AvgIpc) is 2.80. The standard InChI is InChI=1S/C16H17BrN2O2S/c1-22(20,21)19-16-9-12(17)8-15-14(16)10-13(18-15)7-11-5-3-2-4-6-11/h2-6,8-9,13,18-19H,7,10H2,1H3. The Bertz CT molecular complexity index is 791. The lowest BCUT2D eigenvalue weighted by atomic mass is 10.0. The highest BCUT2D eigenvalue weighted by molar-refractivity contribution is 9.10. The fourth-order valence-corrected chi connectivity index (χ4v) is 3.85. The van der Waals surface area contributed by atoms with Crippen LogP contribution in [0.1, 0.15) is 11.1 Å². The van der Waals surface area contributed by atoms with Gasteiger partial charge in [-0.15, -0.1) is 0 Å². The molecule has 0 amide bonds. The highest BCUT2D eigenvalue weighted by Gasteiger charge is 2.25. The number of fused-ring (bicyclic) bond motifs is 1. The maximum absolute atomic E-state index is 11.5. The third-order valence-corrected chi connectivity index (χ3v) is 4.69. The Balaban J connectivity index is 1.84. The molecule has 0 fully saturated rings. The van der Waals surface area contributed by atoms with E-state index in [1.165, 1.54) is 11.8 Å². The summed E-state index contributed by atoms with van der Waals surface area (Å²) < 4.78 is 26.5. The van der Waals surface area contributed by atoms with Crippen molar-refractivity contribution in [2.75, 3.05) is 16.3 Å². The Morgan fingerprint density at radius 3 is 2.68 bits per heavy atom. The molecule has 3 rings (SSSR count). The van der Waals surface area contributed by atoms with Gasteiger partial charge >= 0.3 is 0 Å². The van der Waals surface area contributed by atoms with Crippen molar-refractivity contribution in [1.29, 1.82) is 0 Å². The van der Waals surface area contributed by atoms with Crippen LogP contribution in [0, 0.1) is 0 Å². The second-order valence-electron chi connectivity index (χ2n) is 5.59. The lowest BCUT2D eigenvalue weighted by Crippen LogP contribution is -2.18. The van der Waals surface area contributed by atoms with E-state index in [1.54, 1.807) is 0 Å². The minimum atomic E-state index is -3.29. The summed E-state index contributed by atoms with van der Waals surface area (Å²) in [6.07, 6.45) is 2.88. The van der Waals surface area contributed by atoms with Gasteiger partial charge in [0.15, 0.2) is 0 Å². The van der Waals surface area contributed by atoms with Crippen LogP contribution in [0.3, 0.4) is 0 Å². The fraction of sp³-hybridized carbons (Fsp3) is 0.250. The molecule has 116 valence electrons. The van der Waals surface area contributed by atoms with Crippen LogP contribution in [0.4, 0.5) is 11.4 Å². The summed E-state index contributed by atoms with van der Waals surface area (Å²) in [5, 5.41) is 3.49. The van der Waals surface area contributed by atoms with Crippen molar-refractivity contribution in [1.82, 2.24) is 0 Å². The number of rotatable bonds is 4. The van der Waals surface area contributed by atoms with E-state index >= 15 is 0 Å². The Hall–Kier alpha value is -1.53. The predicted molar refractivity (Wildman–Crippen MR) is 93.9 cm³/mol. The maximum Gasteiger partial charge on any atom is 0.229 e. The summed E-state index contributed by atoms with van der Waals surface area (Å²) in [7, 11) is -3.29. The van der Waals surface area contributed by atoms with Gasteiger partial charge in [0, 0.05) is 21.8 Å². The van der Waals surface area contributed by atoms with Gasteiger partial charge in [-0.3, -0.25) is 4.72 Å². The van der Waals surface area contributed by atoms with Crippen LogP contribution >= 0.6 is 15.9 Å². The normalized spacial score (nSPS) is 16.9. The molecule has 1 aliphatic heterocycles. The van der Waals surface area contributed by atoms with E-state index in [4.69, 9.17) is 0 Å². The molecule has 2 aromatic rings. The largest absolute Gasteiger partial charge is 0.381 e. The van der Waals surface area contributed by atoms with Crippen LogP contribution in [-0.4, -0.2) is 20.7 Å². The van der Waals surface area contributed by atoms with Crippen molar-refractivity contribution in [3.05, 3.63) is 58.1 Å². The van der Waals surface area contributed by atoms with E-state index < -0.39 is 10.0 Å². The van der Waals surface area contributed by atoms with Crippen LogP contribution in [0.2, 0.25) is 0 Å². The molecule has 1 unspecified atom stereocenters. The smallest absolute Gasteiger partial charge is 0.229 e. The first kappa shape index (κ1) is 15.4. The van der Waals surface area contributed by atoms with Crippen molar-refractivity contribution >= 4 is 37.3 Å². The first-order valence-electron chi connectivity index (χ1n) is 7.01. The Kier molecular flexibility index (Phi) is 4.14. The topological polar surface area (TPSA) is 58.2 Å². The molecule has 0 saturated carbocycles. The fourth-order valence-electron chi connectivity index (χ4n) is 2.82. The van der Waals surface area contributed by atoms with Crippen LogP contribution in [-0.2, 0) is 22.9 Å². The van der Waals surface area contributed by atoms with E-state index in [0.29, 0.717) is 5.69 Å². The van der Waals surface area contributed by atoms with Gasteiger partial charge in [-0.1, -0.05) is 46.3 Å². The number of anilines is 2. The second-order valence-corrected chi connectivity index (χ2v) is 8.25. The first-order chi connectivity index (χ1) is 10.4. The number of halogens is 1. The number of hydrogen-bond donors (Lipinski definition) is 2. The highest BCUT2D eigenvalue weighted by atomic mass is 79.9. The van der Waals surface area contributed by atoms with Crippen molar-refractivity contribution in [2.45, 2.75) is 18.9 Å². The molecule has 0 bridgehead atoms. The second kappa shape index (κ2) is 5.93. The van der Waals surface area contributed by atoms with Gasteiger partial charge in [0.25, 0.3) is 0 Å². The third kappa shape index (κ3) is 3.62. The summed E-state index contributed by atoms with van der Waals surface area (Å²) >= 11 is 3.44. The summed E-state index contributed by atoms with van der Waals surface area (Å²) in [6, 6.07) is 14.4. The minimum Gasteiger partial charge on any atom is -0.381 e. The average molecular weight is 381 g/mol. The Labute approximate surface area is 139 Å². The summed E-state index contributed by atoms with van der Waals surface area (Å²) in [5.74, 6) is 0. The van der Waals surface area contributed by atoms with Crippen LogP contribution in [0.15, 0.2) is 46.9 Å². The molecule has 2 aromatic carbocycles. The molecular weight excluding hydrogens is 364 g/mol. The number of benzene rings is 2. The van der Waals surface area contributed by atoms with E-state index in [1.807, 2.05) is 30.3 Å². The molecule has 0 radical (unpaired) electrons. The van der Waals surface area contributed by atoms with Crippen LogP contribution in [0.25, 0.3) is 0 Å².